The summed E-state index contributed by atoms with van der Waals surface area (Å²) in [7, 11) is 6.69. The summed E-state index contributed by atoms with van der Waals surface area (Å²) in [4.78, 5) is 4.99. The lowest BCUT2D eigenvalue weighted by atomic mass is 10.0. The van der Waals surface area contributed by atoms with E-state index in [2.05, 4.69) is 82.5 Å². The summed E-state index contributed by atoms with van der Waals surface area (Å²) in [5.41, 5.74) is 10.1. The zero-order valence-corrected chi connectivity index (χ0v) is 17.6. The van der Waals surface area contributed by atoms with Crippen LogP contribution in [0.3, 0.4) is 0 Å². The maximum atomic E-state index is 2.55. The standard InChI is InChI=1S/C25H28N4/c1-26-12-11-23-21(15-26)19-9-8-17(14-24(19)27(23)2)29-13-10-20-18-6-4-5-7-22(18)28(3)25(20)16-29/h4-9,14H,10-13,15-16H2,1-3H3. The first-order valence-corrected chi connectivity index (χ1v) is 10.7. The van der Waals surface area contributed by atoms with Crippen LogP contribution in [0.5, 0.6) is 0 Å². The molecule has 148 valence electrons. The Morgan fingerprint density at radius 2 is 1.48 bits per heavy atom. The molecule has 0 bridgehead atoms. The Hall–Kier alpha value is -2.72. The van der Waals surface area contributed by atoms with E-state index in [1.54, 1.807) is 0 Å². The number of aryl methyl sites for hydroxylation is 2. The highest BCUT2D eigenvalue weighted by atomic mass is 15.2. The highest BCUT2D eigenvalue weighted by molar-refractivity contribution is 5.89. The molecule has 0 radical (unpaired) electrons. The number of para-hydroxylation sites is 1. The van der Waals surface area contributed by atoms with Gasteiger partial charge in [-0.1, -0.05) is 24.3 Å². The minimum atomic E-state index is 0.985. The number of likely N-dealkylation sites (N-methyl/N-ethyl adjacent to an activating group) is 1. The first-order chi connectivity index (χ1) is 14.1. The van der Waals surface area contributed by atoms with Crippen molar-refractivity contribution in [1.29, 1.82) is 0 Å². The molecule has 0 N–H and O–H groups in total. The van der Waals surface area contributed by atoms with Gasteiger partial charge in [-0.2, -0.15) is 0 Å². The lowest BCUT2D eigenvalue weighted by molar-refractivity contribution is 0.310. The van der Waals surface area contributed by atoms with Gasteiger partial charge in [-0.25, -0.2) is 0 Å². The fraction of sp³-hybridized carbons (Fsp3) is 0.360. The zero-order valence-electron chi connectivity index (χ0n) is 17.6. The summed E-state index contributed by atoms with van der Waals surface area (Å²) >= 11 is 0. The van der Waals surface area contributed by atoms with Crippen molar-refractivity contribution in [2.24, 2.45) is 14.1 Å². The van der Waals surface area contributed by atoms with Gasteiger partial charge in [0.1, 0.15) is 0 Å². The normalized spacial score (nSPS) is 17.1. The molecule has 4 heteroatoms. The topological polar surface area (TPSA) is 16.3 Å². The van der Waals surface area contributed by atoms with E-state index in [1.165, 1.54) is 50.0 Å². The van der Waals surface area contributed by atoms with Gasteiger partial charge in [0, 0.05) is 73.5 Å². The molecule has 0 atom stereocenters. The van der Waals surface area contributed by atoms with Gasteiger partial charge < -0.3 is 18.9 Å². The Labute approximate surface area is 171 Å². The van der Waals surface area contributed by atoms with Crippen molar-refractivity contribution >= 4 is 27.5 Å². The summed E-state index contributed by atoms with van der Waals surface area (Å²) in [5.74, 6) is 0. The van der Waals surface area contributed by atoms with Gasteiger partial charge in [-0.3, -0.25) is 0 Å². The number of hydrogen-bond acceptors (Lipinski definition) is 2. The van der Waals surface area contributed by atoms with Crippen molar-refractivity contribution in [2.45, 2.75) is 25.9 Å². The van der Waals surface area contributed by atoms with Crippen LogP contribution in [-0.4, -0.2) is 34.2 Å². The third-order valence-electron chi connectivity index (χ3n) is 7.26. The van der Waals surface area contributed by atoms with Gasteiger partial charge in [0.05, 0.1) is 12.1 Å². The van der Waals surface area contributed by atoms with Crippen LogP contribution in [0.15, 0.2) is 42.5 Å². The molecule has 0 saturated heterocycles. The summed E-state index contributed by atoms with van der Waals surface area (Å²) in [6.45, 7) is 4.29. The molecule has 0 aliphatic carbocycles. The van der Waals surface area contributed by atoms with Crippen LogP contribution in [0.4, 0.5) is 5.69 Å². The monoisotopic (exact) mass is 384 g/mol. The van der Waals surface area contributed by atoms with Gasteiger partial charge in [0.2, 0.25) is 0 Å². The molecule has 4 nitrogen and oxygen atoms in total. The van der Waals surface area contributed by atoms with Crippen molar-refractivity contribution in [3.8, 4) is 0 Å². The molecule has 0 saturated carbocycles. The number of benzene rings is 2. The third-order valence-corrected chi connectivity index (χ3v) is 7.26. The molecule has 2 aromatic heterocycles. The first kappa shape index (κ1) is 17.2. The van der Waals surface area contributed by atoms with Crippen LogP contribution in [0.2, 0.25) is 0 Å². The van der Waals surface area contributed by atoms with Crippen molar-refractivity contribution in [3.05, 3.63) is 65.0 Å². The van der Waals surface area contributed by atoms with Crippen molar-refractivity contribution in [1.82, 2.24) is 14.0 Å². The van der Waals surface area contributed by atoms with Crippen LogP contribution >= 0.6 is 0 Å². The van der Waals surface area contributed by atoms with Crippen molar-refractivity contribution < 1.29 is 0 Å². The Kier molecular flexibility index (Phi) is 3.63. The summed E-state index contributed by atoms with van der Waals surface area (Å²) in [6.07, 6.45) is 2.26. The van der Waals surface area contributed by atoms with Crippen LogP contribution < -0.4 is 4.90 Å². The van der Waals surface area contributed by atoms with E-state index < -0.39 is 0 Å². The number of anilines is 1. The predicted molar refractivity (Wildman–Crippen MR) is 121 cm³/mol. The molecule has 4 aromatic rings. The van der Waals surface area contributed by atoms with Crippen LogP contribution in [0.25, 0.3) is 21.8 Å². The number of hydrogen-bond donors (Lipinski definition) is 0. The van der Waals surface area contributed by atoms with Crippen molar-refractivity contribution in [2.75, 3.05) is 25.0 Å². The smallest absolute Gasteiger partial charge is 0.0585 e. The van der Waals surface area contributed by atoms with Crippen molar-refractivity contribution in [3.63, 3.8) is 0 Å². The van der Waals surface area contributed by atoms with E-state index in [4.69, 9.17) is 0 Å². The number of nitrogens with zero attached hydrogens (tertiary/aromatic N) is 4. The fourth-order valence-electron chi connectivity index (χ4n) is 5.63. The average molecular weight is 385 g/mol. The molecule has 4 heterocycles. The van der Waals surface area contributed by atoms with Gasteiger partial charge in [0.25, 0.3) is 0 Å². The molecular weight excluding hydrogens is 356 g/mol. The van der Waals surface area contributed by atoms with Gasteiger partial charge in [-0.05, 0) is 42.8 Å². The largest absolute Gasteiger partial charge is 0.365 e. The molecule has 29 heavy (non-hydrogen) atoms. The number of fused-ring (bicyclic) bond motifs is 6. The third kappa shape index (κ3) is 2.42. The molecule has 2 aliphatic heterocycles. The average Bonchev–Trinajstić information content (AvgIpc) is 3.20. The molecule has 2 aromatic carbocycles. The predicted octanol–water partition coefficient (Wildman–Crippen LogP) is 4.22. The highest BCUT2D eigenvalue weighted by Crippen LogP contribution is 2.35. The molecule has 0 fully saturated rings. The summed E-state index contributed by atoms with van der Waals surface area (Å²) < 4.78 is 4.83. The van der Waals surface area contributed by atoms with Crippen LogP contribution in [0.1, 0.15) is 22.5 Å². The van der Waals surface area contributed by atoms with E-state index in [9.17, 15) is 0 Å². The van der Waals surface area contributed by atoms with Crippen LogP contribution in [-0.2, 0) is 40.0 Å². The fourth-order valence-corrected chi connectivity index (χ4v) is 5.63. The lowest BCUT2D eigenvalue weighted by Gasteiger charge is -2.30. The van der Waals surface area contributed by atoms with E-state index in [0.29, 0.717) is 0 Å². The van der Waals surface area contributed by atoms with E-state index in [1.807, 2.05) is 0 Å². The minimum Gasteiger partial charge on any atom is -0.365 e. The Morgan fingerprint density at radius 1 is 0.690 bits per heavy atom. The van der Waals surface area contributed by atoms with Gasteiger partial charge in [-0.15, -0.1) is 0 Å². The lowest BCUT2D eigenvalue weighted by Crippen LogP contribution is -2.31. The Balaban J connectivity index is 1.41. The quantitative estimate of drug-likeness (QED) is 0.489. The van der Waals surface area contributed by atoms with E-state index >= 15 is 0 Å². The first-order valence-electron chi connectivity index (χ1n) is 10.7. The summed E-state index contributed by atoms with van der Waals surface area (Å²) in [6, 6.07) is 16.0. The Morgan fingerprint density at radius 3 is 2.38 bits per heavy atom. The summed E-state index contributed by atoms with van der Waals surface area (Å²) in [5, 5.41) is 2.86. The maximum absolute atomic E-state index is 2.55. The second-order valence-electron chi connectivity index (χ2n) is 8.85. The maximum Gasteiger partial charge on any atom is 0.0585 e. The van der Waals surface area contributed by atoms with Crippen LogP contribution in [0, 0.1) is 0 Å². The highest BCUT2D eigenvalue weighted by Gasteiger charge is 2.25. The van der Waals surface area contributed by atoms with E-state index in [0.717, 1.165) is 39.0 Å². The van der Waals surface area contributed by atoms with Gasteiger partial charge >= 0.3 is 0 Å². The minimum absolute atomic E-state index is 0.985. The molecular formula is C25H28N4. The molecule has 0 unspecified atom stereocenters. The van der Waals surface area contributed by atoms with E-state index in [-0.39, 0.29) is 0 Å². The Bertz CT molecular complexity index is 1260. The zero-order chi connectivity index (χ0) is 19.7. The van der Waals surface area contributed by atoms with Gasteiger partial charge in [0.15, 0.2) is 0 Å². The molecule has 0 amide bonds. The SMILES string of the molecule is CN1CCc2c(c3ccc(N4CCc5c(n(C)c6ccccc56)C4)cc3n2C)C1. The molecule has 6 rings (SSSR count). The molecule has 2 aliphatic rings. The second kappa shape index (κ2) is 6.14. The second-order valence-corrected chi connectivity index (χ2v) is 8.85. The molecule has 0 spiro atoms. The number of rotatable bonds is 1. The number of aromatic nitrogens is 2.